The number of rotatable bonds is 10. The molecule has 0 radical (unpaired) electrons. The van der Waals surface area contributed by atoms with Gasteiger partial charge in [-0.3, -0.25) is 4.79 Å². The first kappa shape index (κ1) is 20.0. The van der Waals surface area contributed by atoms with E-state index < -0.39 is 0 Å². The van der Waals surface area contributed by atoms with Crippen molar-refractivity contribution in [2.24, 2.45) is 0 Å². The predicted octanol–water partition coefficient (Wildman–Crippen LogP) is 4.77. The summed E-state index contributed by atoms with van der Waals surface area (Å²) in [5.74, 6) is 1.18. The van der Waals surface area contributed by atoms with Crippen LogP contribution >= 0.6 is 0 Å². The molecule has 2 aromatic rings. The molecule has 6 heteroatoms. The van der Waals surface area contributed by atoms with Gasteiger partial charge in [-0.2, -0.15) is 4.98 Å². The van der Waals surface area contributed by atoms with E-state index in [-0.39, 0.29) is 5.91 Å². The van der Waals surface area contributed by atoms with Crippen molar-refractivity contribution in [2.75, 3.05) is 25.6 Å². The molecular weight excluding hydrogens is 354 g/mol. The molecule has 0 aliphatic carbocycles. The van der Waals surface area contributed by atoms with Crippen molar-refractivity contribution in [3.8, 4) is 11.8 Å². The Morgan fingerprint density at radius 3 is 2.57 bits per heavy atom. The summed E-state index contributed by atoms with van der Waals surface area (Å²) in [5, 5.41) is 3.38. The summed E-state index contributed by atoms with van der Waals surface area (Å²) in [7, 11) is 1.82. The molecule has 0 saturated heterocycles. The maximum Gasteiger partial charge on any atom is 0.254 e. The van der Waals surface area contributed by atoms with Crippen LogP contribution in [0.25, 0.3) is 0 Å². The minimum atomic E-state index is 0.0698. The van der Waals surface area contributed by atoms with Gasteiger partial charge in [0.2, 0.25) is 11.8 Å². The van der Waals surface area contributed by atoms with Gasteiger partial charge >= 0.3 is 0 Å². The van der Waals surface area contributed by atoms with Crippen LogP contribution in [0, 0.1) is 0 Å². The van der Waals surface area contributed by atoms with Crippen molar-refractivity contribution in [1.29, 1.82) is 0 Å². The highest BCUT2D eigenvalue weighted by atomic mass is 16.5. The quantitative estimate of drug-likeness (QED) is 0.599. The highest BCUT2D eigenvalue weighted by Gasteiger charge is 2.24. The lowest BCUT2D eigenvalue weighted by molar-refractivity contribution is 0.0816. The fourth-order valence-electron chi connectivity index (χ4n) is 3.04. The zero-order valence-corrected chi connectivity index (χ0v) is 17.0. The molecule has 3 rings (SSSR count). The van der Waals surface area contributed by atoms with Crippen LogP contribution in [0.2, 0.25) is 0 Å². The van der Waals surface area contributed by atoms with Crippen molar-refractivity contribution in [3.63, 3.8) is 0 Å². The zero-order chi connectivity index (χ0) is 19.9. The topological polar surface area (TPSA) is 63.7 Å². The van der Waals surface area contributed by atoms with Crippen LogP contribution in [0.5, 0.6) is 11.8 Å². The van der Waals surface area contributed by atoms with Gasteiger partial charge in [0, 0.05) is 30.9 Å². The van der Waals surface area contributed by atoms with Crippen LogP contribution in [-0.2, 0) is 6.54 Å². The second-order valence-electron chi connectivity index (χ2n) is 7.06. The number of hydrogen-bond acceptors (Lipinski definition) is 5. The highest BCUT2D eigenvalue weighted by molar-refractivity contribution is 5.98. The van der Waals surface area contributed by atoms with Gasteiger partial charge in [-0.15, -0.1) is 0 Å². The number of carbonyl (C=O) groups is 1. The molecule has 0 unspecified atom stereocenters. The third-order valence-electron chi connectivity index (χ3n) is 4.69. The number of pyridine rings is 1. The first-order valence-corrected chi connectivity index (χ1v) is 10.0. The number of carbonyl (C=O) groups excluding carboxylic acids is 1. The molecule has 1 aromatic carbocycles. The molecule has 1 aliphatic heterocycles. The number of unbranched alkanes of at least 4 members (excludes halogenated alkanes) is 2. The van der Waals surface area contributed by atoms with Gasteiger partial charge in [-0.25, -0.2) is 0 Å². The predicted molar refractivity (Wildman–Crippen MR) is 111 cm³/mol. The third-order valence-corrected chi connectivity index (χ3v) is 4.69. The van der Waals surface area contributed by atoms with Gasteiger partial charge in [0.1, 0.15) is 5.69 Å². The second kappa shape index (κ2) is 9.44. The molecular formula is C22H29N3O3. The minimum absolute atomic E-state index is 0.0698. The number of nitrogens with one attached hydrogen (secondary N) is 1. The summed E-state index contributed by atoms with van der Waals surface area (Å²) in [6, 6.07) is 9.59. The van der Waals surface area contributed by atoms with Crippen molar-refractivity contribution < 1.29 is 14.3 Å². The monoisotopic (exact) mass is 383 g/mol. The van der Waals surface area contributed by atoms with Gasteiger partial charge in [-0.05, 0) is 42.7 Å². The minimum Gasteiger partial charge on any atom is -0.478 e. The molecule has 0 saturated carbocycles. The summed E-state index contributed by atoms with van der Waals surface area (Å²) in [5.41, 5.74) is 3.49. The molecule has 6 nitrogen and oxygen atoms in total. The summed E-state index contributed by atoms with van der Waals surface area (Å²) < 4.78 is 11.6. The molecule has 1 N–H and O–H groups in total. The molecule has 0 spiro atoms. The smallest absolute Gasteiger partial charge is 0.254 e. The maximum absolute atomic E-state index is 12.1. The average Bonchev–Trinajstić information content (AvgIpc) is 2.97. The van der Waals surface area contributed by atoms with Crippen LogP contribution in [0.3, 0.4) is 0 Å². The van der Waals surface area contributed by atoms with Crippen molar-refractivity contribution in [3.05, 3.63) is 41.5 Å². The van der Waals surface area contributed by atoms with E-state index in [1.165, 1.54) is 0 Å². The fraction of sp³-hybridized carbons (Fsp3) is 0.455. The van der Waals surface area contributed by atoms with E-state index in [0.717, 1.165) is 48.2 Å². The summed E-state index contributed by atoms with van der Waals surface area (Å²) in [6.07, 6.45) is 4.10. The summed E-state index contributed by atoms with van der Waals surface area (Å²) >= 11 is 0. The molecule has 0 atom stereocenters. The number of hydrogen-bond donors (Lipinski definition) is 1. The Bertz CT molecular complexity index is 823. The van der Waals surface area contributed by atoms with E-state index in [1.54, 1.807) is 4.90 Å². The first-order chi connectivity index (χ1) is 13.6. The van der Waals surface area contributed by atoms with E-state index in [4.69, 9.17) is 9.47 Å². The third kappa shape index (κ3) is 4.74. The number of aromatic nitrogens is 1. The number of amides is 1. The number of benzene rings is 1. The largest absolute Gasteiger partial charge is 0.478 e. The van der Waals surface area contributed by atoms with Crippen LogP contribution in [0.4, 0.5) is 11.4 Å². The molecule has 28 heavy (non-hydrogen) atoms. The Hall–Kier alpha value is -2.76. The van der Waals surface area contributed by atoms with Crippen molar-refractivity contribution >= 4 is 17.3 Å². The Morgan fingerprint density at radius 2 is 1.82 bits per heavy atom. The summed E-state index contributed by atoms with van der Waals surface area (Å²) in [4.78, 5) is 18.3. The number of ether oxygens (including phenoxy) is 2. The molecule has 150 valence electrons. The summed E-state index contributed by atoms with van der Waals surface area (Å²) in [6.45, 7) is 6.15. The van der Waals surface area contributed by atoms with E-state index >= 15 is 0 Å². The maximum atomic E-state index is 12.1. The van der Waals surface area contributed by atoms with Crippen LogP contribution < -0.4 is 14.8 Å². The van der Waals surface area contributed by atoms with E-state index in [1.807, 2.05) is 37.4 Å². The van der Waals surface area contributed by atoms with Gasteiger partial charge in [-0.1, -0.05) is 26.7 Å². The van der Waals surface area contributed by atoms with Crippen LogP contribution in [-0.4, -0.2) is 36.1 Å². The normalized spacial score (nSPS) is 12.8. The Kier molecular flexibility index (Phi) is 6.74. The average molecular weight is 383 g/mol. The van der Waals surface area contributed by atoms with Crippen molar-refractivity contribution in [1.82, 2.24) is 9.88 Å². The standard InChI is InChI=1S/C22H29N3O3/c1-4-6-12-27-20-11-10-19(21(24-20)28-13-7-5-2)23-17-8-9-18-16(14-17)15-25(3)22(18)26/h8-11,14,23H,4-7,12-13,15H2,1-3H3. The van der Waals surface area contributed by atoms with Crippen molar-refractivity contribution in [2.45, 2.75) is 46.1 Å². The number of nitrogens with zero attached hydrogens (tertiary/aromatic N) is 2. The molecule has 0 bridgehead atoms. The Balaban J connectivity index is 1.78. The van der Waals surface area contributed by atoms with Gasteiger partial charge in [0.25, 0.3) is 5.91 Å². The first-order valence-electron chi connectivity index (χ1n) is 10.0. The Morgan fingerprint density at radius 1 is 1.07 bits per heavy atom. The van der Waals surface area contributed by atoms with Gasteiger partial charge in [0.15, 0.2) is 0 Å². The van der Waals surface area contributed by atoms with Gasteiger partial charge in [0.05, 0.1) is 13.2 Å². The fourth-order valence-corrected chi connectivity index (χ4v) is 3.04. The molecule has 1 aromatic heterocycles. The molecule has 2 heterocycles. The van der Waals surface area contributed by atoms with Crippen LogP contribution in [0.1, 0.15) is 55.5 Å². The lowest BCUT2D eigenvalue weighted by Crippen LogP contribution is -2.17. The highest BCUT2D eigenvalue weighted by Crippen LogP contribution is 2.31. The van der Waals surface area contributed by atoms with Gasteiger partial charge < -0.3 is 19.7 Å². The van der Waals surface area contributed by atoms with Crippen LogP contribution in [0.15, 0.2) is 30.3 Å². The molecule has 1 amide bonds. The van der Waals surface area contributed by atoms with E-state index in [0.29, 0.717) is 31.5 Å². The number of fused-ring (bicyclic) bond motifs is 1. The van der Waals surface area contributed by atoms with E-state index in [2.05, 4.69) is 24.1 Å². The lowest BCUT2D eigenvalue weighted by atomic mass is 10.1. The molecule has 0 fully saturated rings. The Labute approximate surface area is 166 Å². The second-order valence-corrected chi connectivity index (χ2v) is 7.06. The number of anilines is 2. The zero-order valence-electron chi connectivity index (χ0n) is 17.0. The lowest BCUT2D eigenvalue weighted by Gasteiger charge is -2.14. The van der Waals surface area contributed by atoms with E-state index in [9.17, 15) is 4.79 Å². The SMILES string of the molecule is CCCCOc1ccc(Nc2ccc3c(c2)CN(C)C3=O)c(OCCCC)n1. The molecule has 1 aliphatic rings.